The fraction of sp³-hybridized carbons (Fsp3) is 0.308. The Morgan fingerprint density at radius 3 is 2.84 bits per heavy atom. The van der Waals surface area contributed by atoms with Crippen LogP contribution in [0.5, 0.6) is 0 Å². The highest BCUT2D eigenvalue weighted by molar-refractivity contribution is 7.89. The van der Waals surface area contributed by atoms with Crippen LogP contribution in [0.25, 0.3) is 10.9 Å². The Bertz CT molecular complexity index is 689. The second kappa shape index (κ2) is 4.88. The zero-order valence-corrected chi connectivity index (χ0v) is 11.1. The molecule has 0 spiro atoms. The highest BCUT2D eigenvalue weighted by Crippen LogP contribution is 2.26. The fourth-order valence-electron chi connectivity index (χ4n) is 2.17. The summed E-state index contributed by atoms with van der Waals surface area (Å²) in [6.07, 6.45) is 3.36. The number of fused-ring (bicyclic) bond motifs is 1. The van der Waals surface area contributed by atoms with Crippen molar-refractivity contribution in [2.24, 2.45) is 0 Å². The van der Waals surface area contributed by atoms with E-state index in [4.69, 9.17) is 4.84 Å². The molecule has 1 fully saturated rings. The summed E-state index contributed by atoms with van der Waals surface area (Å²) in [4.78, 5) is 9.70. The lowest BCUT2D eigenvalue weighted by atomic mass is 10.2. The molecule has 2 heterocycles. The van der Waals surface area contributed by atoms with Crippen LogP contribution in [0.3, 0.4) is 0 Å². The molecule has 6 heteroatoms. The van der Waals surface area contributed by atoms with E-state index >= 15 is 0 Å². The van der Waals surface area contributed by atoms with E-state index in [1.54, 1.807) is 36.5 Å². The number of hydrogen-bond donors (Lipinski definition) is 0. The van der Waals surface area contributed by atoms with Crippen LogP contribution in [0.4, 0.5) is 0 Å². The first-order chi connectivity index (χ1) is 9.19. The fourth-order valence-corrected chi connectivity index (χ4v) is 3.68. The largest absolute Gasteiger partial charge is 0.284 e. The SMILES string of the molecule is O=S(=O)(c1cccc2ncccc12)N1CCCCO1. The smallest absolute Gasteiger partial charge is 0.265 e. The van der Waals surface area contributed by atoms with Crippen molar-refractivity contribution in [3.8, 4) is 0 Å². The van der Waals surface area contributed by atoms with Crippen LogP contribution in [0.1, 0.15) is 12.8 Å². The molecule has 0 N–H and O–H groups in total. The molecule has 0 amide bonds. The molecule has 3 rings (SSSR count). The van der Waals surface area contributed by atoms with Crippen molar-refractivity contribution in [2.45, 2.75) is 17.7 Å². The van der Waals surface area contributed by atoms with Crippen molar-refractivity contribution in [3.05, 3.63) is 36.5 Å². The average Bonchev–Trinajstić information content (AvgIpc) is 2.47. The van der Waals surface area contributed by atoms with E-state index < -0.39 is 10.0 Å². The van der Waals surface area contributed by atoms with Gasteiger partial charge in [0.05, 0.1) is 17.0 Å². The highest BCUT2D eigenvalue weighted by atomic mass is 32.2. The molecule has 0 aliphatic carbocycles. The Kier molecular flexibility index (Phi) is 3.22. The highest BCUT2D eigenvalue weighted by Gasteiger charge is 2.28. The van der Waals surface area contributed by atoms with Crippen LogP contribution < -0.4 is 0 Å². The van der Waals surface area contributed by atoms with E-state index in [0.29, 0.717) is 24.1 Å². The van der Waals surface area contributed by atoms with Crippen molar-refractivity contribution in [2.75, 3.05) is 13.2 Å². The predicted octanol–water partition coefficient (Wildman–Crippen LogP) is 1.95. The molecule has 1 aliphatic rings. The number of benzene rings is 1. The molecule has 19 heavy (non-hydrogen) atoms. The lowest BCUT2D eigenvalue weighted by Crippen LogP contribution is -2.35. The second-order valence-corrected chi connectivity index (χ2v) is 6.20. The molecule has 1 aromatic heterocycles. The lowest BCUT2D eigenvalue weighted by molar-refractivity contribution is -0.108. The molecule has 0 unspecified atom stereocenters. The monoisotopic (exact) mass is 278 g/mol. The van der Waals surface area contributed by atoms with E-state index in [9.17, 15) is 8.42 Å². The minimum absolute atomic E-state index is 0.250. The van der Waals surface area contributed by atoms with Crippen molar-refractivity contribution < 1.29 is 13.3 Å². The maximum atomic E-state index is 12.6. The van der Waals surface area contributed by atoms with Gasteiger partial charge in [0.1, 0.15) is 0 Å². The van der Waals surface area contributed by atoms with Gasteiger partial charge in [-0.3, -0.25) is 9.82 Å². The first-order valence-corrected chi connectivity index (χ1v) is 7.63. The van der Waals surface area contributed by atoms with Gasteiger partial charge in [-0.05, 0) is 37.1 Å². The van der Waals surface area contributed by atoms with Crippen LogP contribution in [0, 0.1) is 0 Å². The molecule has 0 atom stereocenters. The summed E-state index contributed by atoms with van der Waals surface area (Å²) in [7, 11) is -3.62. The Morgan fingerprint density at radius 1 is 1.16 bits per heavy atom. The third kappa shape index (κ3) is 2.22. The quantitative estimate of drug-likeness (QED) is 0.842. The number of hydrogen-bond acceptors (Lipinski definition) is 4. The van der Waals surface area contributed by atoms with Gasteiger partial charge in [0.2, 0.25) is 0 Å². The zero-order valence-electron chi connectivity index (χ0n) is 10.3. The standard InChI is InChI=1S/C13H14N2O3S/c16-19(17,15-9-1-2-10-18-15)13-7-3-6-12-11(13)5-4-8-14-12/h3-8H,1-2,9-10H2. The Morgan fingerprint density at radius 2 is 2.05 bits per heavy atom. The average molecular weight is 278 g/mol. The topological polar surface area (TPSA) is 59.5 Å². The molecular weight excluding hydrogens is 264 g/mol. The number of aromatic nitrogens is 1. The maximum Gasteiger partial charge on any atom is 0.265 e. The van der Waals surface area contributed by atoms with Crippen LogP contribution >= 0.6 is 0 Å². The Labute approximate surface area is 111 Å². The van der Waals surface area contributed by atoms with Gasteiger partial charge in [-0.2, -0.15) is 0 Å². The molecular formula is C13H14N2O3S. The number of nitrogens with zero attached hydrogens (tertiary/aromatic N) is 2. The maximum absolute atomic E-state index is 12.6. The summed E-state index contributed by atoms with van der Waals surface area (Å²) in [6.45, 7) is 0.848. The number of sulfonamides is 1. The van der Waals surface area contributed by atoms with Gasteiger partial charge in [-0.1, -0.05) is 10.5 Å². The predicted molar refractivity (Wildman–Crippen MR) is 70.8 cm³/mol. The van der Waals surface area contributed by atoms with Gasteiger partial charge in [0.25, 0.3) is 10.0 Å². The zero-order chi connectivity index (χ0) is 13.3. The molecule has 0 radical (unpaired) electrons. The summed E-state index contributed by atoms with van der Waals surface area (Å²) in [5.41, 5.74) is 0.667. The van der Waals surface area contributed by atoms with Crippen molar-refractivity contribution in [3.63, 3.8) is 0 Å². The third-order valence-corrected chi connectivity index (χ3v) is 4.86. The van der Waals surface area contributed by atoms with Crippen LogP contribution in [0.15, 0.2) is 41.4 Å². The molecule has 2 aromatic rings. The van der Waals surface area contributed by atoms with Gasteiger partial charge in [0, 0.05) is 18.1 Å². The van der Waals surface area contributed by atoms with Gasteiger partial charge in [0.15, 0.2) is 0 Å². The van der Waals surface area contributed by atoms with Gasteiger partial charge >= 0.3 is 0 Å². The Hall–Kier alpha value is -1.50. The first-order valence-electron chi connectivity index (χ1n) is 6.19. The normalized spacial score (nSPS) is 17.7. The molecule has 100 valence electrons. The molecule has 0 bridgehead atoms. The molecule has 1 saturated heterocycles. The van der Waals surface area contributed by atoms with Crippen LogP contribution in [0.2, 0.25) is 0 Å². The number of pyridine rings is 1. The number of hydroxylamine groups is 1. The second-order valence-electron chi connectivity index (χ2n) is 4.40. The molecule has 5 nitrogen and oxygen atoms in total. The van der Waals surface area contributed by atoms with E-state index in [1.807, 2.05) is 0 Å². The Balaban J connectivity index is 2.12. The lowest BCUT2D eigenvalue weighted by Gasteiger charge is -2.25. The van der Waals surface area contributed by atoms with Gasteiger partial charge in [-0.25, -0.2) is 8.42 Å². The third-order valence-electron chi connectivity index (χ3n) is 3.12. The van der Waals surface area contributed by atoms with E-state index in [2.05, 4.69) is 4.98 Å². The molecule has 0 saturated carbocycles. The van der Waals surface area contributed by atoms with Crippen LogP contribution in [-0.4, -0.2) is 31.0 Å². The van der Waals surface area contributed by atoms with E-state index in [-0.39, 0.29) is 4.90 Å². The summed E-state index contributed by atoms with van der Waals surface area (Å²) in [6, 6.07) is 8.59. The minimum atomic E-state index is -3.62. The minimum Gasteiger partial charge on any atom is -0.284 e. The summed E-state index contributed by atoms with van der Waals surface area (Å²) in [5, 5.41) is 0.624. The summed E-state index contributed by atoms with van der Waals surface area (Å²) < 4.78 is 26.2. The van der Waals surface area contributed by atoms with Crippen molar-refractivity contribution in [1.29, 1.82) is 0 Å². The summed E-state index contributed by atoms with van der Waals surface area (Å²) in [5.74, 6) is 0. The van der Waals surface area contributed by atoms with Crippen LogP contribution in [-0.2, 0) is 14.9 Å². The van der Waals surface area contributed by atoms with E-state index in [0.717, 1.165) is 17.3 Å². The van der Waals surface area contributed by atoms with Crippen molar-refractivity contribution in [1.82, 2.24) is 9.45 Å². The first kappa shape index (κ1) is 12.5. The summed E-state index contributed by atoms with van der Waals surface area (Å²) >= 11 is 0. The molecule has 1 aromatic carbocycles. The van der Waals surface area contributed by atoms with Gasteiger partial charge in [-0.15, -0.1) is 0 Å². The van der Waals surface area contributed by atoms with Gasteiger partial charge < -0.3 is 0 Å². The van der Waals surface area contributed by atoms with Crippen molar-refractivity contribution >= 4 is 20.9 Å². The van der Waals surface area contributed by atoms with E-state index in [1.165, 1.54) is 0 Å². The number of rotatable bonds is 2. The molecule has 1 aliphatic heterocycles.